The van der Waals surface area contributed by atoms with E-state index >= 15 is 0 Å². The molecule has 0 radical (unpaired) electrons. The van der Waals surface area contributed by atoms with E-state index in [1.165, 1.54) is 21.8 Å². The molecule has 2 aromatic heterocycles. The quantitative estimate of drug-likeness (QED) is 0.801. The van der Waals surface area contributed by atoms with Gasteiger partial charge in [-0.05, 0) is 19.1 Å². The Balaban J connectivity index is 1.88. The van der Waals surface area contributed by atoms with Gasteiger partial charge in [0.25, 0.3) is 5.91 Å². The molecule has 3 rings (SSSR count). The molecule has 1 aliphatic heterocycles. The standard InChI is InChI=1S/C17H18N8O2/c1-17(8-14(26)24(2)16(19)22-17)13-7-10(4-5-20-13)21-15(27)12-6-11(9-18)23-25(12)3/h4-7H,8H2,1-3H3,(H2,19,22)(H,20,21,27). The van der Waals surface area contributed by atoms with Gasteiger partial charge in [-0.1, -0.05) is 0 Å². The first kappa shape index (κ1) is 18.1. The number of nitriles is 1. The number of carbonyl (C=O) groups excluding carboxylic acids is 2. The monoisotopic (exact) mass is 366 g/mol. The van der Waals surface area contributed by atoms with Crippen LogP contribution >= 0.6 is 0 Å². The highest BCUT2D eigenvalue weighted by Crippen LogP contribution is 2.32. The molecule has 2 amide bonds. The Kier molecular flexibility index (Phi) is 4.37. The van der Waals surface area contributed by atoms with Gasteiger partial charge in [-0.3, -0.25) is 24.2 Å². The molecule has 0 spiro atoms. The molecule has 1 atom stereocenters. The first-order chi connectivity index (χ1) is 12.7. The zero-order valence-corrected chi connectivity index (χ0v) is 15.1. The number of anilines is 1. The number of amides is 2. The maximum atomic E-state index is 12.5. The summed E-state index contributed by atoms with van der Waals surface area (Å²) in [4.78, 5) is 34.6. The predicted octanol–water partition coefficient (Wildman–Crippen LogP) is 0.331. The summed E-state index contributed by atoms with van der Waals surface area (Å²) in [6.45, 7) is 1.76. The normalized spacial score (nSPS) is 19.4. The molecule has 138 valence electrons. The van der Waals surface area contributed by atoms with E-state index in [4.69, 9.17) is 11.0 Å². The maximum absolute atomic E-state index is 12.5. The van der Waals surface area contributed by atoms with Crippen LogP contribution in [0.3, 0.4) is 0 Å². The SMILES string of the molecule is CN1C(=O)CC(C)(c2cc(NC(=O)c3cc(C#N)nn3C)ccn2)N=C1N. The van der Waals surface area contributed by atoms with Gasteiger partial charge in [0.2, 0.25) is 5.91 Å². The van der Waals surface area contributed by atoms with Crippen LogP contribution in [0.15, 0.2) is 29.4 Å². The summed E-state index contributed by atoms with van der Waals surface area (Å²) >= 11 is 0. The van der Waals surface area contributed by atoms with Crippen molar-refractivity contribution in [3.8, 4) is 6.07 Å². The lowest BCUT2D eigenvalue weighted by molar-refractivity contribution is -0.128. The number of hydrogen-bond acceptors (Lipinski definition) is 7. The summed E-state index contributed by atoms with van der Waals surface area (Å²) in [5.41, 5.74) is 6.29. The summed E-state index contributed by atoms with van der Waals surface area (Å²) in [7, 11) is 3.14. The molecule has 10 heteroatoms. The molecule has 2 aromatic rings. The van der Waals surface area contributed by atoms with E-state index in [9.17, 15) is 9.59 Å². The van der Waals surface area contributed by atoms with Crippen LogP contribution in [0.5, 0.6) is 0 Å². The third-order valence-electron chi connectivity index (χ3n) is 4.37. The molecule has 0 saturated carbocycles. The first-order valence-corrected chi connectivity index (χ1v) is 8.07. The van der Waals surface area contributed by atoms with Crippen LogP contribution in [0.4, 0.5) is 5.69 Å². The molecule has 1 unspecified atom stereocenters. The lowest BCUT2D eigenvalue weighted by Crippen LogP contribution is -2.47. The molecule has 0 aliphatic carbocycles. The number of aliphatic imine (C=N–C) groups is 1. The number of nitrogens with zero attached hydrogens (tertiary/aromatic N) is 6. The maximum Gasteiger partial charge on any atom is 0.273 e. The smallest absolute Gasteiger partial charge is 0.273 e. The third-order valence-corrected chi connectivity index (χ3v) is 4.37. The molecule has 3 heterocycles. The van der Waals surface area contributed by atoms with Crippen molar-refractivity contribution in [2.24, 2.45) is 17.8 Å². The van der Waals surface area contributed by atoms with Crippen LogP contribution in [0.25, 0.3) is 0 Å². The lowest BCUT2D eigenvalue weighted by atomic mass is 9.91. The Morgan fingerprint density at radius 1 is 1.41 bits per heavy atom. The first-order valence-electron chi connectivity index (χ1n) is 8.07. The fourth-order valence-electron chi connectivity index (χ4n) is 2.79. The van der Waals surface area contributed by atoms with Crippen molar-refractivity contribution in [2.45, 2.75) is 18.9 Å². The van der Waals surface area contributed by atoms with Gasteiger partial charge in [0.1, 0.15) is 17.3 Å². The molecule has 1 aliphatic rings. The zero-order valence-electron chi connectivity index (χ0n) is 15.1. The highest BCUT2D eigenvalue weighted by molar-refractivity contribution is 6.03. The summed E-state index contributed by atoms with van der Waals surface area (Å²) in [6, 6.07) is 6.56. The number of guanidine groups is 1. The highest BCUT2D eigenvalue weighted by Gasteiger charge is 2.37. The number of aromatic nitrogens is 3. The van der Waals surface area contributed by atoms with Gasteiger partial charge in [-0.25, -0.2) is 4.99 Å². The minimum Gasteiger partial charge on any atom is -0.369 e. The van der Waals surface area contributed by atoms with E-state index in [1.807, 2.05) is 6.07 Å². The van der Waals surface area contributed by atoms with E-state index in [-0.39, 0.29) is 29.7 Å². The van der Waals surface area contributed by atoms with Gasteiger partial charge >= 0.3 is 0 Å². The summed E-state index contributed by atoms with van der Waals surface area (Å²) in [6.07, 6.45) is 1.64. The molecule has 0 saturated heterocycles. The number of pyridine rings is 1. The van der Waals surface area contributed by atoms with Crippen LogP contribution in [-0.2, 0) is 17.4 Å². The van der Waals surface area contributed by atoms with Crippen LogP contribution in [0.1, 0.15) is 35.2 Å². The minimum atomic E-state index is -0.922. The topological polar surface area (TPSA) is 142 Å². The van der Waals surface area contributed by atoms with Gasteiger partial charge in [0, 0.05) is 32.0 Å². The summed E-state index contributed by atoms with van der Waals surface area (Å²) in [5, 5.41) is 15.6. The predicted molar refractivity (Wildman–Crippen MR) is 96.5 cm³/mol. The third kappa shape index (κ3) is 3.35. The molecule has 3 N–H and O–H groups in total. The van der Waals surface area contributed by atoms with Gasteiger partial charge in [-0.2, -0.15) is 10.4 Å². The van der Waals surface area contributed by atoms with Gasteiger partial charge in [-0.15, -0.1) is 0 Å². The summed E-state index contributed by atoms with van der Waals surface area (Å²) in [5.74, 6) is -0.472. The van der Waals surface area contributed by atoms with Crippen molar-refractivity contribution in [3.05, 3.63) is 41.5 Å². The van der Waals surface area contributed by atoms with Crippen molar-refractivity contribution in [1.29, 1.82) is 5.26 Å². The Morgan fingerprint density at radius 3 is 2.78 bits per heavy atom. The Bertz CT molecular complexity index is 1000. The van der Waals surface area contributed by atoms with Crippen molar-refractivity contribution in [1.82, 2.24) is 19.7 Å². The van der Waals surface area contributed by atoms with Crippen molar-refractivity contribution in [2.75, 3.05) is 12.4 Å². The number of aryl methyl sites for hydroxylation is 1. The Hall–Kier alpha value is -3.74. The van der Waals surface area contributed by atoms with E-state index in [0.717, 1.165) is 0 Å². The van der Waals surface area contributed by atoms with Gasteiger partial charge < -0.3 is 11.1 Å². The molecule has 0 fully saturated rings. The molecular weight excluding hydrogens is 348 g/mol. The fraction of sp³-hybridized carbons (Fsp3) is 0.294. The van der Waals surface area contributed by atoms with Gasteiger partial charge in [0.15, 0.2) is 11.7 Å². The van der Waals surface area contributed by atoms with E-state index < -0.39 is 11.4 Å². The van der Waals surface area contributed by atoms with Crippen molar-refractivity contribution < 1.29 is 9.59 Å². The van der Waals surface area contributed by atoms with E-state index in [0.29, 0.717) is 11.4 Å². The number of hydrogen-bond donors (Lipinski definition) is 2. The second-order valence-electron chi connectivity index (χ2n) is 6.41. The highest BCUT2D eigenvalue weighted by atomic mass is 16.2. The minimum absolute atomic E-state index is 0.113. The molecule has 0 aromatic carbocycles. The van der Waals surface area contributed by atoms with Crippen molar-refractivity contribution in [3.63, 3.8) is 0 Å². The molecular formula is C17H18N8O2. The van der Waals surface area contributed by atoms with E-state index in [2.05, 4.69) is 20.4 Å². The number of nitrogens with one attached hydrogen (secondary N) is 1. The molecule has 27 heavy (non-hydrogen) atoms. The average Bonchev–Trinajstić information content (AvgIpc) is 3.01. The fourth-order valence-corrected chi connectivity index (χ4v) is 2.79. The van der Waals surface area contributed by atoms with Crippen LogP contribution < -0.4 is 11.1 Å². The largest absolute Gasteiger partial charge is 0.369 e. The summed E-state index contributed by atoms with van der Waals surface area (Å²) < 4.78 is 1.33. The second-order valence-corrected chi connectivity index (χ2v) is 6.41. The number of rotatable bonds is 3. The second kappa shape index (κ2) is 6.53. The molecule has 0 bridgehead atoms. The lowest BCUT2D eigenvalue weighted by Gasteiger charge is -2.32. The van der Waals surface area contributed by atoms with E-state index in [1.54, 1.807) is 33.2 Å². The van der Waals surface area contributed by atoms with Crippen LogP contribution in [0.2, 0.25) is 0 Å². The van der Waals surface area contributed by atoms with Gasteiger partial charge in [0.05, 0.1) is 12.1 Å². The van der Waals surface area contributed by atoms with Crippen LogP contribution in [-0.4, -0.2) is 44.5 Å². The Labute approximate surface area is 155 Å². The average molecular weight is 366 g/mol. The zero-order chi connectivity index (χ0) is 19.8. The van der Waals surface area contributed by atoms with Crippen LogP contribution in [0, 0.1) is 11.3 Å². The molecule has 10 nitrogen and oxygen atoms in total. The number of carbonyl (C=O) groups is 2. The van der Waals surface area contributed by atoms with Crippen molar-refractivity contribution >= 4 is 23.5 Å². The number of nitrogens with two attached hydrogens (primary N) is 1. The Morgan fingerprint density at radius 2 is 2.15 bits per heavy atom.